The van der Waals surface area contributed by atoms with E-state index in [1.165, 1.54) is 4.90 Å². The van der Waals surface area contributed by atoms with Crippen LogP contribution in [0.4, 0.5) is 5.69 Å². The summed E-state index contributed by atoms with van der Waals surface area (Å²) in [5.41, 5.74) is 0.568. The van der Waals surface area contributed by atoms with E-state index in [0.29, 0.717) is 11.4 Å². The molecule has 102 valence electrons. The van der Waals surface area contributed by atoms with Crippen molar-refractivity contribution in [3.8, 4) is 5.75 Å². The van der Waals surface area contributed by atoms with Crippen molar-refractivity contribution in [3.05, 3.63) is 36.4 Å². The van der Waals surface area contributed by atoms with Gasteiger partial charge in [0, 0.05) is 0 Å². The van der Waals surface area contributed by atoms with Crippen LogP contribution in [0.2, 0.25) is 0 Å². The van der Waals surface area contributed by atoms with Gasteiger partial charge in [-0.1, -0.05) is 24.3 Å². The highest BCUT2D eigenvalue weighted by atomic mass is 16.5. The Labute approximate surface area is 117 Å². The van der Waals surface area contributed by atoms with Crippen LogP contribution in [-0.4, -0.2) is 18.9 Å². The molecule has 1 aliphatic heterocycles. The Balaban J connectivity index is 1.78. The van der Waals surface area contributed by atoms with E-state index in [0.717, 1.165) is 6.42 Å². The summed E-state index contributed by atoms with van der Waals surface area (Å²) in [7, 11) is 1.55. The molecule has 1 saturated heterocycles. The zero-order chi connectivity index (χ0) is 13.9. The lowest BCUT2D eigenvalue weighted by molar-refractivity contribution is -0.123. The molecule has 0 aromatic heterocycles. The molecule has 4 nitrogen and oxygen atoms in total. The normalized spacial score (nSPS) is 34.0. The third-order valence-corrected chi connectivity index (χ3v) is 4.80. The maximum Gasteiger partial charge on any atom is 0.238 e. The van der Waals surface area contributed by atoms with Gasteiger partial charge >= 0.3 is 0 Å². The van der Waals surface area contributed by atoms with E-state index in [4.69, 9.17) is 4.74 Å². The van der Waals surface area contributed by atoms with Crippen LogP contribution in [0.5, 0.6) is 5.75 Å². The Bertz CT molecular complexity index is 606. The average Bonchev–Trinajstić information content (AvgIpc) is 3.13. The summed E-state index contributed by atoms with van der Waals surface area (Å²) >= 11 is 0. The van der Waals surface area contributed by atoms with E-state index in [2.05, 4.69) is 12.2 Å². The van der Waals surface area contributed by atoms with Crippen molar-refractivity contribution in [1.82, 2.24) is 0 Å². The quantitative estimate of drug-likeness (QED) is 0.609. The van der Waals surface area contributed by atoms with Crippen molar-refractivity contribution in [1.29, 1.82) is 0 Å². The van der Waals surface area contributed by atoms with E-state index in [-0.39, 0.29) is 35.5 Å². The Morgan fingerprint density at radius 1 is 1.05 bits per heavy atom. The Hall–Kier alpha value is -2.10. The van der Waals surface area contributed by atoms with Crippen molar-refractivity contribution in [2.45, 2.75) is 6.42 Å². The van der Waals surface area contributed by atoms with Crippen LogP contribution in [0, 0.1) is 23.7 Å². The first-order valence-electron chi connectivity index (χ1n) is 6.91. The summed E-state index contributed by atoms with van der Waals surface area (Å²) in [5.74, 6) is 0.573. The molecule has 4 heteroatoms. The van der Waals surface area contributed by atoms with E-state index < -0.39 is 0 Å². The number of carbonyl (C=O) groups excluding carboxylic acids is 2. The number of hydrogen-bond donors (Lipinski definition) is 0. The van der Waals surface area contributed by atoms with Gasteiger partial charge in [0.1, 0.15) is 5.75 Å². The molecule has 2 aliphatic carbocycles. The topological polar surface area (TPSA) is 46.6 Å². The Morgan fingerprint density at radius 2 is 1.65 bits per heavy atom. The number of ether oxygens (including phenoxy) is 1. The van der Waals surface area contributed by atoms with Gasteiger partial charge in [-0.15, -0.1) is 0 Å². The third kappa shape index (κ3) is 1.31. The maximum absolute atomic E-state index is 12.7. The number of fused-ring (bicyclic) bond motifs is 5. The third-order valence-electron chi connectivity index (χ3n) is 4.80. The van der Waals surface area contributed by atoms with Crippen molar-refractivity contribution >= 4 is 17.5 Å². The smallest absolute Gasteiger partial charge is 0.238 e. The molecule has 1 aromatic rings. The zero-order valence-electron chi connectivity index (χ0n) is 11.2. The Kier molecular flexibility index (Phi) is 2.31. The first-order chi connectivity index (χ1) is 9.72. The van der Waals surface area contributed by atoms with Gasteiger partial charge in [0.05, 0.1) is 24.6 Å². The van der Waals surface area contributed by atoms with Crippen LogP contribution in [0.25, 0.3) is 0 Å². The van der Waals surface area contributed by atoms with Crippen molar-refractivity contribution in [3.63, 3.8) is 0 Å². The van der Waals surface area contributed by atoms with Crippen LogP contribution < -0.4 is 9.64 Å². The zero-order valence-corrected chi connectivity index (χ0v) is 11.2. The molecular weight excluding hydrogens is 254 g/mol. The number of anilines is 1. The maximum atomic E-state index is 12.7. The Morgan fingerprint density at radius 3 is 2.25 bits per heavy atom. The standard InChI is InChI=1S/C16H15NO3/c1-20-12-5-3-2-4-11(12)17-15(18)13-9-6-7-10(8-9)14(13)16(17)19/h2-7,9-10,13-14H,8H2,1H3/t9-,10-,13-,14+/m0/s1. The first kappa shape index (κ1) is 11.7. The number of para-hydroxylation sites is 2. The molecule has 4 atom stereocenters. The lowest BCUT2D eigenvalue weighted by Crippen LogP contribution is -2.33. The molecule has 20 heavy (non-hydrogen) atoms. The number of carbonyl (C=O) groups is 2. The van der Waals surface area contributed by atoms with Gasteiger partial charge in [-0.2, -0.15) is 0 Å². The monoisotopic (exact) mass is 269 g/mol. The lowest BCUT2D eigenvalue weighted by atomic mass is 9.85. The predicted octanol–water partition coefficient (Wildman–Crippen LogP) is 2.01. The summed E-state index contributed by atoms with van der Waals surface area (Å²) in [6.07, 6.45) is 5.15. The van der Waals surface area contributed by atoms with Crippen LogP contribution in [-0.2, 0) is 9.59 Å². The number of nitrogens with zero attached hydrogens (tertiary/aromatic N) is 1. The lowest BCUT2D eigenvalue weighted by Gasteiger charge is -2.19. The second kappa shape index (κ2) is 3.95. The predicted molar refractivity (Wildman–Crippen MR) is 73.2 cm³/mol. The minimum absolute atomic E-state index is 0.0682. The molecule has 2 bridgehead atoms. The second-order valence-corrected chi connectivity index (χ2v) is 5.68. The SMILES string of the molecule is COc1ccccc1N1C(=O)[C@@H]2[C@H](C1=O)[C@H]1C=C[C@H]2C1. The van der Waals surface area contributed by atoms with Gasteiger partial charge < -0.3 is 4.74 Å². The molecular formula is C16H15NO3. The van der Waals surface area contributed by atoms with E-state index >= 15 is 0 Å². The van der Waals surface area contributed by atoms with Crippen LogP contribution in [0.3, 0.4) is 0 Å². The van der Waals surface area contributed by atoms with E-state index in [1.807, 2.05) is 12.1 Å². The van der Waals surface area contributed by atoms with E-state index in [1.54, 1.807) is 19.2 Å². The number of amides is 2. The number of imide groups is 1. The van der Waals surface area contributed by atoms with Crippen LogP contribution in [0.1, 0.15) is 6.42 Å². The number of benzene rings is 1. The van der Waals surface area contributed by atoms with Crippen molar-refractivity contribution < 1.29 is 14.3 Å². The minimum Gasteiger partial charge on any atom is -0.495 e. The molecule has 0 radical (unpaired) electrons. The summed E-state index contributed by atoms with van der Waals surface area (Å²) < 4.78 is 5.28. The van der Waals surface area contributed by atoms with Crippen molar-refractivity contribution in [2.75, 3.05) is 12.0 Å². The number of allylic oxidation sites excluding steroid dienone is 2. The molecule has 2 fully saturated rings. The van der Waals surface area contributed by atoms with Gasteiger partial charge in [0.25, 0.3) is 0 Å². The number of methoxy groups -OCH3 is 1. The summed E-state index contributed by atoms with van der Waals surface area (Å²) in [6.45, 7) is 0. The van der Waals surface area contributed by atoms with Crippen LogP contribution in [0.15, 0.2) is 36.4 Å². The number of rotatable bonds is 2. The highest BCUT2D eigenvalue weighted by Crippen LogP contribution is 2.53. The molecule has 4 rings (SSSR count). The molecule has 1 saturated carbocycles. The summed E-state index contributed by atoms with van der Waals surface area (Å²) in [5, 5.41) is 0. The molecule has 0 unspecified atom stereocenters. The number of hydrogen-bond acceptors (Lipinski definition) is 3. The van der Waals surface area contributed by atoms with Crippen molar-refractivity contribution in [2.24, 2.45) is 23.7 Å². The summed E-state index contributed by atoms with van der Waals surface area (Å²) in [4.78, 5) is 26.7. The van der Waals surface area contributed by atoms with E-state index in [9.17, 15) is 9.59 Å². The largest absolute Gasteiger partial charge is 0.495 e. The minimum atomic E-state index is -0.164. The van der Waals surface area contributed by atoms with Crippen LogP contribution >= 0.6 is 0 Å². The highest BCUT2D eigenvalue weighted by Gasteiger charge is 2.59. The summed E-state index contributed by atoms with van der Waals surface area (Å²) in [6, 6.07) is 7.20. The fourth-order valence-electron chi connectivity index (χ4n) is 3.95. The molecule has 1 aromatic carbocycles. The molecule has 0 spiro atoms. The van der Waals surface area contributed by atoms with Gasteiger partial charge in [0.2, 0.25) is 11.8 Å². The first-order valence-corrected chi connectivity index (χ1v) is 6.91. The molecule has 1 heterocycles. The van der Waals surface area contributed by atoms with Gasteiger partial charge in [-0.3, -0.25) is 9.59 Å². The molecule has 0 N–H and O–H groups in total. The van der Waals surface area contributed by atoms with Gasteiger partial charge in [-0.25, -0.2) is 4.90 Å². The van der Waals surface area contributed by atoms with Gasteiger partial charge in [-0.05, 0) is 30.4 Å². The van der Waals surface area contributed by atoms with Gasteiger partial charge in [0.15, 0.2) is 0 Å². The fraction of sp³-hybridized carbons (Fsp3) is 0.375. The second-order valence-electron chi connectivity index (χ2n) is 5.68. The fourth-order valence-corrected chi connectivity index (χ4v) is 3.95. The molecule has 2 amide bonds. The highest BCUT2D eigenvalue weighted by molar-refractivity contribution is 6.23. The average molecular weight is 269 g/mol. The molecule has 3 aliphatic rings.